The summed E-state index contributed by atoms with van der Waals surface area (Å²) in [5.74, 6) is 4.43. The maximum Gasteiger partial charge on any atom is 0.412 e. The van der Waals surface area contributed by atoms with Gasteiger partial charge in [-0.15, -0.1) is 12.8 Å². The summed E-state index contributed by atoms with van der Waals surface area (Å²) in [4.78, 5) is 24.8. The molecular formula is C14H17NO4. The Morgan fingerprint density at radius 1 is 1.42 bits per heavy atom. The van der Waals surface area contributed by atoms with Crippen LogP contribution in [0.5, 0.6) is 0 Å². The van der Waals surface area contributed by atoms with Crippen LogP contribution in [-0.4, -0.2) is 47.7 Å². The van der Waals surface area contributed by atoms with E-state index in [1.165, 1.54) is 0 Å². The third kappa shape index (κ3) is 3.49. The fourth-order valence-electron chi connectivity index (χ4n) is 1.57. The summed E-state index contributed by atoms with van der Waals surface area (Å²) in [6.45, 7) is 4.72. The lowest BCUT2D eigenvalue weighted by atomic mass is 10.0. The molecule has 0 N–H and O–H groups in total. The van der Waals surface area contributed by atoms with Crippen LogP contribution in [0.1, 0.15) is 20.8 Å². The van der Waals surface area contributed by atoms with E-state index in [1.54, 1.807) is 20.8 Å². The molecule has 1 aliphatic rings. The first-order valence-electron chi connectivity index (χ1n) is 5.80. The van der Waals surface area contributed by atoms with Gasteiger partial charge in [0.15, 0.2) is 11.3 Å². The third-order valence-electron chi connectivity index (χ3n) is 2.46. The lowest BCUT2D eigenvalue weighted by Crippen LogP contribution is -2.54. The summed E-state index contributed by atoms with van der Waals surface area (Å²) >= 11 is 0. The predicted molar refractivity (Wildman–Crippen MR) is 69.2 cm³/mol. The maximum absolute atomic E-state index is 12.2. The molecule has 1 aliphatic heterocycles. The molecule has 0 bridgehead atoms. The fourth-order valence-corrected chi connectivity index (χ4v) is 1.57. The Labute approximate surface area is 113 Å². The van der Waals surface area contributed by atoms with Crippen molar-refractivity contribution in [1.82, 2.24) is 4.90 Å². The lowest BCUT2D eigenvalue weighted by molar-refractivity contribution is -0.122. The molecule has 1 saturated heterocycles. The van der Waals surface area contributed by atoms with Crippen LogP contribution in [-0.2, 0) is 14.3 Å². The molecule has 0 aromatic heterocycles. The smallest absolute Gasteiger partial charge is 0.412 e. The third-order valence-corrected chi connectivity index (χ3v) is 2.46. The molecule has 5 nitrogen and oxygen atoms in total. The Kier molecular flexibility index (Phi) is 4.24. The Morgan fingerprint density at radius 2 is 2.00 bits per heavy atom. The van der Waals surface area contributed by atoms with Crippen molar-refractivity contribution in [1.29, 1.82) is 0 Å². The number of ether oxygens (including phenoxy) is 2. The number of rotatable bonds is 0. The van der Waals surface area contributed by atoms with E-state index in [0.29, 0.717) is 0 Å². The Hall–Kier alpha value is -1.98. The zero-order valence-electron chi connectivity index (χ0n) is 11.4. The number of carbonyl (C=O) groups excluding carboxylic acids is 2. The lowest BCUT2D eigenvalue weighted by Gasteiger charge is -2.34. The Bertz CT molecular complexity index is 447. The number of carbonyl (C=O) groups is 2. The monoisotopic (exact) mass is 263 g/mol. The molecule has 1 fully saturated rings. The SMILES string of the molecule is C#CC1(C#C)COCC(=O)CN1C(=O)OC(C)(C)C. The summed E-state index contributed by atoms with van der Waals surface area (Å²) in [5, 5.41) is 0. The summed E-state index contributed by atoms with van der Waals surface area (Å²) in [6, 6.07) is 0. The van der Waals surface area contributed by atoms with Gasteiger partial charge in [-0.1, -0.05) is 11.8 Å². The normalized spacial score (nSPS) is 19.0. The van der Waals surface area contributed by atoms with Gasteiger partial charge in [-0.2, -0.15) is 0 Å². The molecule has 0 spiro atoms. The zero-order valence-corrected chi connectivity index (χ0v) is 11.4. The van der Waals surface area contributed by atoms with Crippen LogP contribution < -0.4 is 0 Å². The molecule has 0 saturated carbocycles. The number of amides is 1. The van der Waals surface area contributed by atoms with E-state index in [0.717, 1.165) is 4.90 Å². The van der Waals surface area contributed by atoms with Gasteiger partial charge in [0, 0.05) is 0 Å². The zero-order chi connectivity index (χ0) is 14.7. The standard InChI is InChI=1S/C14H17NO4/c1-6-14(7-2)10-18-9-11(16)8-15(14)12(17)19-13(3,4)5/h1-2H,8-10H2,3-5H3. The predicted octanol–water partition coefficient (Wildman–Crippen LogP) is 0.828. The second-order valence-electron chi connectivity index (χ2n) is 5.25. The minimum atomic E-state index is -1.39. The van der Waals surface area contributed by atoms with Gasteiger partial charge >= 0.3 is 6.09 Å². The molecular weight excluding hydrogens is 246 g/mol. The van der Waals surface area contributed by atoms with Gasteiger partial charge in [0.2, 0.25) is 0 Å². The van der Waals surface area contributed by atoms with Gasteiger partial charge in [0.25, 0.3) is 0 Å². The highest BCUT2D eigenvalue weighted by Crippen LogP contribution is 2.21. The molecule has 5 heteroatoms. The molecule has 1 rings (SSSR count). The topological polar surface area (TPSA) is 55.8 Å². The largest absolute Gasteiger partial charge is 0.444 e. The quantitative estimate of drug-likeness (QED) is 0.607. The van der Waals surface area contributed by atoms with Gasteiger partial charge in [0.05, 0.1) is 13.2 Å². The molecule has 1 amide bonds. The van der Waals surface area contributed by atoms with E-state index >= 15 is 0 Å². The Balaban J connectivity index is 3.09. The van der Waals surface area contributed by atoms with E-state index < -0.39 is 17.2 Å². The molecule has 1 heterocycles. The van der Waals surface area contributed by atoms with Gasteiger partial charge < -0.3 is 9.47 Å². The average Bonchev–Trinajstić information content (AvgIpc) is 2.46. The van der Waals surface area contributed by atoms with Crippen molar-refractivity contribution >= 4 is 11.9 Å². The highest BCUT2D eigenvalue weighted by molar-refractivity contribution is 5.86. The van der Waals surface area contributed by atoms with Crippen molar-refractivity contribution in [2.24, 2.45) is 0 Å². The van der Waals surface area contributed by atoms with E-state index in [1.807, 2.05) is 0 Å². The molecule has 0 atom stereocenters. The van der Waals surface area contributed by atoms with Crippen LogP contribution in [0.2, 0.25) is 0 Å². The van der Waals surface area contributed by atoms with Crippen LogP contribution in [0.4, 0.5) is 4.79 Å². The van der Waals surface area contributed by atoms with Gasteiger partial charge in [-0.05, 0) is 20.8 Å². The first-order chi connectivity index (χ1) is 8.74. The van der Waals surface area contributed by atoms with E-state index in [-0.39, 0.29) is 25.5 Å². The summed E-state index contributed by atoms with van der Waals surface area (Å²) < 4.78 is 10.4. The summed E-state index contributed by atoms with van der Waals surface area (Å²) in [7, 11) is 0. The van der Waals surface area contributed by atoms with E-state index in [9.17, 15) is 9.59 Å². The van der Waals surface area contributed by atoms with Crippen molar-refractivity contribution in [3.05, 3.63) is 0 Å². The summed E-state index contributed by atoms with van der Waals surface area (Å²) in [5.41, 5.74) is -2.10. The minimum Gasteiger partial charge on any atom is -0.444 e. The van der Waals surface area contributed by atoms with Crippen molar-refractivity contribution in [3.8, 4) is 24.7 Å². The number of hydrogen-bond acceptors (Lipinski definition) is 4. The average molecular weight is 263 g/mol. The molecule has 102 valence electrons. The first-order valence-corrected chi connectivity index (χ1v) is 5.80. The van der Waals surface area contributed by atoms with Gasteiger partial charge in [-0.3, -0.25) is 9.69 Å². The van der Waals surface area contributed by atoms with E-state index in [2.05, 4.69) is 11.8 Å². The van der Waals surface area contributed by atoms with Gasteiger partial charge in [0.1, 0.15) is 12.2 Å². The van der Waals surface area contributed by atoms with Crippen molar-refractivity contribution in [2.75, 3.05) is 19.8 Å². The number of Topliss-reactive ketones (excluding diaryl/α,β-unsaturated/α-hetero) is 1. The van der Waals surface area contributed by atoms with Crippen LogP contribution in [0, 0.1) is 24.7 Å². The molecule has 0 aromatic carbocycles. The van der Waals surface area contributed by atoms with Crippen LogP contribution in [0.25, 0.3) is 0 Å². The maximum atomic E-state index is 12.2. The highest BCUT2D eigenvalue weighted by atomic mass is 16.6. The Morgan fingerprint density at radius 3 is 2.47 bits per heavy atom. The number of terminal acetylenes is 2. The van der Waals surface area contributed by atoms with Gasteiger partial charge in [-0.25, -0.2) is 4.79 Å². The van der Waals surface area contributed by atoms with Crippen molar-refractivity contribution in [3.63, 3.8) is 0 Å². The van der Waals surface area contributed by atoms with Crippen molar-refractivity contribution < 1.29 is 19.1 Å². The molecule has 19 heavy (non-hydrogen) atoms. The van der Waals surface area contributed by atoms with Crippen LogP contribution in [0.3, 0.4) is 0 Å². The molecule has 0 aromatic rings. The molecule has 0 radical (unpaired) electrons. The van der Waals surface area contributed by atoms with E-state index in [4.69, 9.17) is 22.3 Å². The molecule has 0 aliphatic carbocycles. The fraction of sp³-hybridized carbons (Fsp3) is 0.571. The highest BCUT2D eigenvalue weighted by Gasteiger charge is 2.42. The van der Waals surface area contributed by atoms with Crippen molar-refractivity contribution in [2.45, 2.75) is 31.9 Å². The van der Waals surface area contributed by atoms with Crippen LogP contribution >= 0.6 is 0 Å². The first kappa shape index (κ1) is 15.1. The second kappa shape index (κ2) is 5.34. The van der Waals surface area contributed by atoms with Crippen LogP contribution in [0.15, 0.2) is 0 Å². The number of nitrogens with zero attached hydrogens (tertiary/aromatic N) is 1. The second-order valence-corrected chi connectivity index (χ2v) is 5.25. The number of ketones is 1. The molecule has 0 unspecified atom stereocenters. The minimum absolute atomic E-state index is 0.0923. The number of hydrogen-bond donors (Lipinski definition) is 0. The summed E-state index contributed by atoms with van der Waals surface area (Å²) in [6.07, 6.45) is 10.1.